The van der Waals surface area contributed by atoms with Gasteiger partial charge in [-0.3, -0.25) is 4.99 Å². The Morgan fingerprint density at radius 2 is 2.00 bits per heavy atom. The summed E-state index contributed by atoms with van der Waals surface area (Å²) in [7, 11) is 0. The van der Waals surface area contributed by atoms with Gasteiger partial charge in [0.2, 0.25) is 0 Å². The Balaban J connectivity index is 2.72. The van der Waals surface area contributed by atoms with Crippen molar-refractivity contribution in [2.45, 2.75) is 46.2 Å². The lowest BCUT2D eigenvalue weighted by Crippen LogP contribution is -2.49. The van der Waals surface area contributed by atoms with Crippen LogP contribution in [0.15, 0.2) is 4.99 Å². The third-order valence-electron chi connectivity index (χ3n) is 2.46. The number of rotatable bonds is 1. The van der Waals surface area contributed by atoms with Crippen LogP contribution in [0.1, 0.15) is 34.6 Å². The van der Waals surface area contributed by atoms with E-state index in [0.717, 1.165) is 6.54 Å². The van der Waals surface area contributed by atoms with Gasteiger partial charge >= 0.3 is 0 Å². The van der Waals surface area contributed by atoms with E-state index in [9.17, 15) is 5.11 Å². The minimum Gasteiger partial charge on any atom is -0.846 e. The molecule has 0 unspecified atom stereocenters. The Kier molecular flexibility index (Phi) is 2.55. The van der Waals surface area contributed by atoms with Gasteiger partial charge in [-0.1, -0.05) is 13.8 Å². The highest BCUT2D eigenvalue weighted by Gasteiger charge is 2.29. The molecule has 1 aliphatic rings. The van der Waals surface area contributed by atoms with Crippen LogP contribution in [0.2, 0.25) is 0 Å². The molecule has 0 saturated carbocycles. The van der Waals surface area contributed by atoms with Gasteiger partial charge in [0, 0.05) is 12.1 Å². The molecule has 1 aliphatic heterocycles. The van der Waals surface area contributed by atoms with Crippen molar-refractivity contribution in [3.05, 3.63) is 0 Å². The summed E-state index contributed by atoms with van der Waals surface area (Å²) in [5.41, 5.74) is -0.0930. The number of aliphatic imine (C=N–C) groups is 1. The van der Waals surface area contributed by atoms with Crippen LogP contribution in [-0.2, 0) is 0 Å². The predicted molar refractivity (Wildman–Crippen MR) is 52.5 cm³/mol. The molecule has 0 aromatic heterocycles. The second kappa shape index (κ2) is 3.20. The van der Waals surface area contributed by atoms with Gasteiger partial charge in [-0.2, -0.15) is 0 Å². The largest absolute Gasteiger partial charge is 0.846 e. The van der Waals surface area contributed by atoms with Crippen LogP contribution in [0.25, 0.3) is 0 Å². The van der Waals surface area contributed by atoms with Crippen LogP contribution in [0.4, 0.5) is 0 Å². The van der Waals surface area contributed by atoms with Gasteiger partial charge in [0.1, 0.15) is 0 Å². The minimum absolute atomic E-state index is 0.0498. The van der Waals surface area contributed by atoms with E-state index in [4.69, 9.17) is 0 Å². The topological polar surface area (TPSA) is 38.7 Å². The Bertz CT molecular complexity index is 215. The fraction of sp³-hybridized carbons (Fsp3) is 0.900. The fourth-order valence-electron chi connectivity index (χ4n) is 1.44. The lowest BCUT2D eigenvalue weighted by atomic mass is 10.0. The van der Waals surface area contributed by atoms with Gasteiger partial charge in [0.25, 0.3) is 0 Å². The average Bonchev–Trinajstić information content (AvgIpc) is 2.29. The molecular weight excluding hydrogens is 164 g/mol. The smallest absolute Gasteiger partial charge is 0.0708 e. The van der Waals surface area contributed by atoms with E-state index in [2.05, 4.69) is 18.8 Å². The first-order valence-electron chi connectivity index (χ1n) is 4.85. The molecule has 0 bridgehead atoms. The summed E-state index contributed by atoms with van der Waals surface area (Å²) in [5, 5.41) is 11.5. The molecule has 0 amide bonds. The van der Waals surface area contributed by atoms with E-state index in [1.165, 1.54) is 0 Å². The number of nitrogens with zero attached hydrogens (tertiary/aromatic N) is 2. The SMILES string of the molecule is CC(C)[C@H]1CN(C(C)(C)C)C([O-])=N1. The Labute approximate surface area is 80.5 Å². The summed E-state index contributed by atoms with van der Waals surface area (Å²) < 4.78 is 0. The van der Waals surface area contributed by atoms with Crippen molar-refractivity contribution in [1.29, 1.82) is 0 Å². The van der Waals surface area contributed by atoms with Gasteiger partial charge in [-0.05, 0) is 26.7 Å². The summed E-state index contributed by atoms with van der Waals surface area (Å²) in [6.07, 6.45) is 0. The zero-order valence-electron chi connectivity index (χ0n) is 9.16. The van der Waals surface area contributed by atoms with Crippen molar-refractivity contribution in [2.24, 2.45) is 10.9 Å². The number of amidine groups is 1. The van der Waals surface area contributed by atoms with Gasteiger partial charge in [0.05, 0.1) is 12.1 Å². The molecule has 0 radical (unpaired) electrons. The van der Waals surface area contributed by atoms with E-state index in [1.54, 1.807) is 0 Å². The highest BCUT2D eigenvalue weighted by Crippen LogP contribution is 2.22. The van der Waals surface area contributed by atoms with E-state index >= 15 is 0 Å². The Morgan fingerprint density at radius 3 is 2.23 bits per heavy atom. The molecule has 3 heteroatoms. The van der Waals surface area contributed by atoms with Gasteiger partial charge in [0.15, 0.2) is 0 Å². The summed E-state index contributed by atoms with van der Waals surface area (Å²) >= 11 is 0. The van der Waals surface area contributed by atoms with Crippen LogP contribution in [0, 0.1) is 5.92 Å². The third kappa shape index (κ3) is 2.14. The van der Waals surface area contributed by atoms with E-state index < -0.39 is 0 Å². The molecule has 0 saturated heterocycles. The van der Waals surface area contributed by atoms with E-state index in [-0.39, 0.29) is 17.6 Å². The second-order valence-electron chi connectivity index (χ2n) is 5.00. The van der Waals surface area contributed by atoms with Crippen molar-refractivity contribution in [3.8, 4) is 0 Å². The van der Waals surface area contributed by atoms with Gasteiger partial charge < -0.3 is 10.0 Å². The van der Waals surface area contributed by atoms with Crippen molar-refractivity contribution in [2.75, 3.05) is 6.54 Å². The molecule has 0 N–H and O–H groups in total. The molecule has 0 aliphatic carbocycles. The summed E-state index contributed by atoms with van der Waals surface area (Å²) in [5.74, 6) is 0.455. The first-order chi connectivity index (χ1) is 5.82. The molecule has 0 aromatic carbocycles. The predicted octanol–water partition coefficient (Wildman–Crippen LogP) is 0.841. The maximum Gasteiger partial charge on any atom is 0.0708 e. The van der Waals surface area contributed by atoms with Crippen molar-refractivity contribution in [1.82, 2.24) is 4.90 Å². The second-order valence-corrected chi connectivity index (χ2v) is 5.00. The number of hydrogen-bond acceptors (Lipinski definition) is 3. The highest BCUT2D eigenvalue weighted by molar-refractivity contribution is 5.72. The van der Waals surface area contributed by atoms with Gasteiger partial charge in [-0.25, -0.2) is 0 Å². The van der Waals surface area contributed by atoms with Crippen LogP contribution in [-0.4, -0.2) is 29.0 Å². The van der Waals surface area contributed by atoms with Crippen molar-refractivity contribution in [3.63, 3.8) is 0 Å². The first kappa shape index (κ1) is 10.4. The van der Waals surface area contributed by atoms with Crippen LogP contribution < -0.4 is 5.11 Å². The zero-order valence-corrected chi connectivity index (χ0v) is 9.16. The van der Waals surface area contributed by atoms with Crippen molar-refractivity contribution < 1.29 is 5.11 Å². The maximum absolute atomic E-state index is 11.5. The summed E-state index contributed by atoms with van der Waals surface area (Å²) in [6, 6.07) is 0.137. The Hall–Kier alpha value is -0.730. The summed E-state index contributed by atoms with van der Waals surface area (Å²) in [4.78, 5) is 5.97. The van der Waals surface area contributed by atoms with Crippen LogP contribution in [0.5, 0.6) is 0 Å². The molecule has 0 fully saturated rings. The normalized spacial score (nSPS) is 24.0. The quantitative estimate of drug-likeness (QED) is 0.604. The standard InChI is InChI=1S/C10H20N2O/c1-7(2)8-6-12(9(13)11-8)10(3,4)5/h7-8H,6H2,1-5H3,(H,11,13)/p-1/t8-/m1/s1. The monoisotopic (exact) mass is 183 g/mol. The molecule has 1 heterocycles. The van der Waals surface area contributed by atoms with Crippen LogP contribution in [0.3, 0.4) is 0 Å². The van der Waals surface area contributed by atoms with E-state index in [0.29, 0.717) is 5.92 Å². The fourth-order valence-corrected chi connectivity index (χ4v) is 1.44. The molecule has 3 nitrogen and oxygen atoms in total. The lowest BCUT2D eigenvalue weighted by molar-refractivity contribution is -0.236. The van der Waals surface area contributed by atoms with E-state index in [1.807, 2.05) is 25.7 Å². The molecule has 0 spiro atoms. The molecule has 0 aromatic rings. The maximum atomic E-state index is 11.5. The molecule has 13 heavy (non-hydrogen) atoms. The number of hydrogen-bond donors (Lipinski definition) is 0. The molecular formula is C10H19N2O-. The van der Waals surface area contributed by atoms with Crippen molar-refractivity contribution >= 4 is 6.02 Å². The zero-order chi connectivity index (χ0) is 10.2. The first-order valence-corrected chi connectivity index (χ1v) is 4.85. The minimum atomic E-state index is -0.0930. The Morgan fingerprint density at radius 1 is 1.46 bits per heavy atom. The molecule has 76 valence electrons. The average molecular weight is 183 g/mol. The molecule has 1 atom stereocenters. The molecule has 1 rings (SSSR count). The third-order valence-corrected chi connectivity index (χ3v) is 2.46. The van der Waals surface area contributed by atoms with Gasteiger partial charge in [-0.15, -0.1) is 0 Å². The summed E-state index contributed by atoms with van der Waals surface area (Å²) in [6.45, 7) is 11.1. The lowest BCUT2D eigenvalue weighted by Gasteiger charge is -2.37. The highest BCUT2D eigenvalue weighted by atomic mass is 16.3. The van der Waals surface area contributed by atoms with Crippen LogP contribution >= 0.6 is 0 Å².